The molecule has 1 N–H and O–H groups in total. The molecular weight excluding hydrogens is 252 g/mol. The normalized spacial score (nSPS) is 12.2. The molecule has 2 rings (SSSR count). The van der Waals surface area contributed by atoms with E-state index in [4.69, 9.17) is 0 Å². The zero-order chi connectivity index (χ0) is 10.9. The predicted molar refractivity (Wildman–Crippen MR) is 67.4 cm³/mol. The highest BCUT2D eigenvalue weighted by Crippen LogP contribution is 2.27. The number of hydrogen-bond acceptors (Lipinski definition) is 1. The summed E-state index contributed by atoms with van der Waals surface area (Å²) in [6.45, 7) is 4.52. The second-order valence-electron chi connectivity index (χ2n) is 4.69. The Kier molecular flexibility index (Phi) is 2.83. The lowest BCUT2D eigenvalue weighted by atomic mass is 9.88. The minimum Gasteiger partial charge on any atom is -0.346 e. The van der Waals surface area contributed by atoms with Crippen LogP contribution in [-0.2, 0) is 6.42 Å². The van der Waals surface area contributed by atoms with Crippen molar-refractivity contribution in [2.75, 3.05) is 5.33 Å². The van der Waals surface area contributed by atoms with Crippen LogP contribution in [0.3, 0.4) is 0 Å². The molecule has 0 radical (unpaired) electrons. The van der Waals surface area contributed by atoms with E-state index in [-0.39, 0.29) is 5.41 Å². The molecule has 0 atom stereocenters. The standard InChI is InChI=1S/C12H15BrN2/c1-12(2,8-13)6-9-7-15-11-10(9)4-3-5-14-11/h3-5,7H,6,8H2,1-2H3,(H,14,15). The van der Waals surface area contributed by atoms with E-state index >= 15 is 0 Å². The Hall–Kier alpha value is -0.830. The van der Waals surface area contributed by atoms with Crippen molar-refractivity contribution >= 4 is 27.0 Å². The van der Waals surface area contributed by atoms with Gasteiger partial charge < -0.3 is 4.98 Å². The summed E-state index contributed by atoms with van der Waals surface area (Å²) in [7, 11) is 0. The quantitative estimate of drug-likeness (QED) is 0.847. The lowest BCUT2D eigenvalue weighted by Gasteiger charge is -2.20. The van der Waals surface area contributed by atoms with Gasteiger partial charge in [0, 0.05) is 23.1 Å². The highest BCUT2D eigenvalue weighted by Gasteiger charge is 2.18. The van der Waals surface area contributed by atoms with Crippen LogP contribution >= 0.6 is 15.9 Å². The van der Waals surface area contributed by atoms with Crippen molar-refractivity contribution in [3.63, 3.8) is 0 Å². The molecule has 0 spiro atoms. The first-order valence-electron chi connectivity index (χ1n) is 5.09. The second kappa shape index (κ2) is 3.97. The smallest absolute Gasteiger partial charge is 0.137 e. The van der Waals surface area contributed by atoms with E-state index in [0.717, 1.165) is 17.4 Å². The second-order valence-corrected chi connectivity index (χ2v) is 5.25. The summed E-state index contributed by atoms with van der Waals surface area (Å²) in [6, 6.07) is 4.11. The van der Waals surface area contributed by atoms with Crippen molar-refractivity contribution in [3.8, 4) is 0 Å². The summed E-state index contributed by atoms with van der Waals surface area (Å²) in [4.78, 5) is 7.50. The summed E-state index contributed by atoms with van der Waals surface area (Å²) in [6.07, 6.45) is 4.95. The first-order valence-corrected chi connectivity index (χ1v) is 6.21. The molecule has 2 heterocycles. The molecule has 2 aromatic rings. The van der Waals surface area contributed by atoms with E-state index in [2.05, 4.69) is 52.0 Å². The van der Waals surface area contributed by atoms with Gasteiger partial charge in [-0.1, -0.05) is 29.8 Å². The average molecular weight is 267 g/mol. The number of nitrogens with zero attached hydrogens (tertiary/aromatic N) is 1. The van der Waals surface area contributed by atoms with Gasteiger partial charge in [-0.25, -0.2) is 4.98 Å². The van der Waals surface area contributed by atoms with Gasteiger partial charge in [-0.05, 0) is 29.5 Å². The Morgan fingerprint density at radius 2 is 2.27 bits per heavy atom. The number of H-pyrrole nitrogens is 1. The predicted octanol–water partition coefficient (Wildman–Crippen LogP) is 3.53. The first-order chi connectivity index (χ1) is 7.12. The van der Waals surface area contributed by atoms with Crippen molar-refractivity contribution in [1.29, 1.82) is 0 Å². The average Bonchev–Trinajstić information content (AvgIpc) is 2.62. The molecule has 0 saturated heterocycles. The third-order valence-corrected chi connectivity index (χ3v) is 4.09. The largest absolute Gasteiger partial charge is 0.346 e. The summed E-state index contributed by atoms with van der Waals surface area (Å²) in [5, 5.41) is 2.25. The highest BCUT2D eigenvalue weighted by molar-refractivity contribution is 9.09. The first kappa shape index (κ1) is 10.7. The number of alkyl halides is 1. The van der Waals surface area contributed by atoms with Crippen LogP contribution < -0.4 is 0 Å². The fraction of sp³-hybridized carbons (Fsp3) is 0.417. The Labute approximate surface area is 98.2 Å². The van der Waals surface area contributed by atoms with Crippen LogP contribution in [0.1, 0.15) is 19.4 Å². The Morgan fingerprint density at radius 3 is 3.00 bits per heavy atom. The van der Waals surface area contributed by atoms with Gasteiger partial charge in [-0.2, -0.15) is 0 Å². The van der Waals surface area contributed by atoms with Gasteiger partial charge in [0.25, 0.3) is 0 Å². The molecule has 0 unspecified atom stereocenters. The Morgan fingerprint density at radius 1 is 1.47 bits per heavy atom. The molecule has 80 valence electrons. The van der Waals surface area contributed by atoms with E-state index in [1.165, 1.54) is 10.9 Å². The summed E-state index contributed by atoms with van der Waals surface area (Å²) < 4.78 is 0. The molecule has 0 aliphatic carbocycles. The van der Waals surface area contributed by atoms with Crippen LogP contribution in [0.5, 0.6) is 0 Å². The monoisotopic (exact) mass is 266 g/mol. The van der Waals surface area contributed by atoms with Gasteiger partial charge in [0.1, 0.15) is 5.65 Å². The van der Waals surface area contributed by atoms with E-state index in [0.29, 0.717) is 0 Å². The highest BCUT2D eigenvalue weighted by atomic mass is 79.9. The molecule has 0 aliphatic rings. The molecular formula is C12H15BrN2. The van der Waals surface area contributed by atoms with Crippen LogP contribution in [0.2, 0.25) is 0 Å². The van der Waals surface area contributed by atoms with Gasteiger partial charge in [0.15, 0.2) is 0 Å². The van der Waals surface area contributed by atoms with Crippen molar-refractivity contribution < 1.29 is 0 Å². The molecule has 3 heteroatoms. The minimum atomic E-state index is 0.283. The molecule has 15 heavy (non-hydrogen) atoms. The van der Waals surface area contributed by atoms with Crippen molar-refractivity contribution in [3.05, 3.63) is 30.1 Å². The number of halogens is 1. The third kappa shape index (κ3) is 2.23. The maximum atomic E-state index is 4.29. The Bertz CT molecular complexity index is 459. The topological polar surface area (TPSA) is 28.7 Å². The summed E-state index contributed by atoms with van der Waals surface area (Å²) in [5.74, 6) is 0. The number of pyridine rings is 1. The number of aromatic nitrogens is 2. The number of aromatic amines is 1. The SMILES string of the molecule is CC(C)(CBr)Cc1c[nH]c2ncccc12. The number of nitrogens with one attached hydrogen (secondary N) is 1. The molecule has 0 saturated carbocycles. The Balaban J connectivity index is 2.37. The zero-order valence-electron chi connectivity index (χ0n) is 9.05. The van der Waals surface area contributed by atoms with Gasteiger partial charge in [-0.3, -0.25) is 0 Å². The molecule has 2 aromatic heterocycles. The van der Waals surface area contributed by atoms with Crippen LogP contribution in [0, 0.1) is 5.41 Å². The van der Waals surface area contributed by atoms with Gasteiger partial charge in [0.2, 0.25) is 0 Å². The van der Waals surface area contributed by atoms with Crippen LogP contribution in [0.4, 0.5) is 0 Å². The molecule has 0 bridgehead atoms. The van der Waals surface area contributed by atoms with E-state index in [9.17, 15) is 0 Å². The molecule has 2 nitrogen and oxygen atoms in total. The van der Waals surface area contributed by atoms with E-state index in [1.54, 1.807) is 0 Å². The molecule has 0 aromatic carbocycles. The fourth-order valence-corrected chi connectivity index (χ4v) is 1.92. The lowest BCUT2D eigenvalue weighted by molar-refractivity contribution is 0.426. The maximum Gasteiger partial charge on any atom is 0.137 e. The van der Waals surface area contributed by atoms with Crippen LogP contribution in [0.15, 0.2) is 24.5 Å². The number of fused-ring (bicyclic) bond motifs is 1. The van der Waals surface area contributed by atoms with Crippen LogP contribution in [-0.4, -0.2) is 15.3 Å². The summed E-state index contributed by atoms with van der Waals surface area (Å²) in [5.41, 5.74) is 2.62. The lowest BCUT2D eigenvalue weighted by Crippen LogP contribution is -2.16. The van der Waals surface area contributed by atoms with Gasteiger partial charge in [0.05, 0.1) is 0 Å². The number of rotatable bonds is 3. The van der Waals surface area contributed by atoms with Crippen LogP contribution in [0.25, 0.3) is 11.0 Å². The van der Waals surface area contributed by atoms with E-state index in [1.807, 2.05) is 12.3 Å². The minimum absolute atomic E-state index is 0.283. The zero-order valence-corrected chi connectivity index (χ0v) is 10.6. The third-order valence-electron chi connectivity index (χ3n) is 2.57. The van der Waals surface area contributed by atoms with Crippen molar-refractivity contribution in [2.45, 2.75) is 20.3 Å². The molecule has 0 fully saturated rings. The molecule has 0 aliphatic heterocycles. The maximum absolute atomic E-state index is 4.29. The molecule has 0 amide bonds. The van der Waals surface area contributed by atoms with Gasteiger partial charge in [-0.15, -0.1) is 0 Å². The van der Waals surface area contributed by atoms with E-state index < -0.39 is 0 Å². The van der Waals surface area contributed by atoms with Crippen molar-refractivity contribution in [1.82, 2.24) is 9.97 Å². The van der Waals surface area contributed by atoms with Gasteiger partial charge >= 0.3 is 0 Å². The number of hydrogen-bond donors (Lipinski definition) is 1. The van der Waals surface area contributed by atoms with Crippen molar-refractivity contribution in [2.24, 2.45) is 5.41 Å². The summed E-state index contributed by atoms with van der Waals surface area (Å²) >= 11 is 3.55. The fourth-order valence-electron chi connectivity index (χ4n) is 1.72.